The number of hydrogen-bond acceptors (Lipinski definition) is 12. The molecule has 17 heteroatoms. The summed E-state index contributed by atoms with van der Waals surface area (Å²) in [5.41, 5.74) is -1.27. The maximum Gasteiger partial charge on any atom is 0.408 e. The summed E-state index contributed by atoms with van der Waals surface area (Å²) in [5.74, 6) is -2.57. The molecule has 3 saturated carbocycles. The summed E-state index contributed by atoms with van der Waals surface area (Å²) in [6, 6.07) is 23.3. The molecular formula is C50H57N5O11S. The van der Waals surface area contributed by atoms with Crippen LogP contribution in [0, 0.1) is 11.3 Å². The molecule has 3 aliphatic carbocycles. The zero-order valence-electron chi connectivity index (χ0n) is 38.3. The molecule has 0 unspecified atom stereocenters. The second-order valence-corrected chi connectivity index (χ2v) is 21.1. The first-order valence-electron chi connectivity index (χ1n) is 22.6. The molecule has 67 heavy (non-hydrogen) atoms. The Balaban J connectivity index is 1.09. The van der Waals surface area contributed by atoms with Crippen LogP contribution in [0.5, 0.6) is 11.5 Å². The number of ether oxygens (including phenoxy) is 4. The Kier molecular flexibility index (Phi) is 12.6. The van der Waals surface area contributed by atoms with Gasteiger partial charge in [-0.3, -0.25) is 19.1 Å². The Hall–Kier alpha value is -6.49. The third-order valence-corrected chi connectivity index (χ3v) is 15.4. The summed E-state index contributed by atoms with van der Waals surface area (Å²) in [6.45, 7) is 10.7. The van der Waals surface area contributed by atoms with Crippen molar-refractivity contribution in [2.75, 3.05) is 20.3 Å². The Labute approximate surface area is 390 Å². The minimum absolute atomic E-state index is 0.0551. The normalized spacial score (nSPS) is 22.6. The second kappa shape index (κ2) is 18.0. The van der Waals surface area contributed by atoms with E-state index < -0.39 is 85.2 Å². The van der Waals surface area contributed by atoms with Crippen molar-refractivity contribution in [3.05, 3.63) is 103 Å². The van der Waals surface area contributed by atoms with Gasteiger partial charge in [0.2, 0.25) is 27.4 Å². The minimum Gasteiger partial charge on any atom is -0.497 e. The lowest BCUT2D eigenvalue weighted by Gasteiger charge is -2.35. The van der Waals surface area contributed by atoms with Crippen molar-refractivity contribution in [3.63, 3.8) is 0 Å². The highest BCUT2D eigenvalue weighted by Gasteiger charge is 2.64. The predicted molar refractivity (Wildman–Crippen MR) is 248 cm³/mol. The Morgan fingerprint density at radius 1 is 0.955 bits per heavy atom. The topological polar surface area (TPSA) is 209 Å². The Morgan fingerprint density at radius 3 is 2.24 bits per heavy atom. The van der Waals surface area contributed by atoms with Gasteiger partial charge in [-0.05, 0) is 55.7 Å². The van der Waals surface area contributed by atoms with Gasteiger partial charge in [-0.2, -0.15) is 0 Å². The van der Waals surface area contributed by atoms with Crippen molar-refractivity contribution < 1.29 is 51.3 Å². The summed E-state index contributed by atoms with van der Waals surface area (Å²) in [5, 5.41) is 6.17. The van der Waals surface area contributed by atoms with Crippen LogP contribution < -0.4 is 24.8 Å². The van der Waals surface area contributed by atoms with Crippen LogP contribution in [0.15, 0.2) is 97.6 Å². The van der Waals surface area contributed by atoms with Crippen molar-refractivity contribution in [3.8, 4) is 22.8 Å². The molecule has 8 rings (SSSR count). The number of likely N-dealkylation sites (tertiary alicyclic amines) is 1. The number of esters is 1. The highest BCUT2D eigenvalue weighted by atomic mass is 32.2. The van der Waals surface area contributed by atoms with Gasteiger partial charge in [0.1, 0.15) is 35.2 Å². The van der Waals surface area contributed by atoms with E-state index in [1.54, 1.807) is 53.0 Å². The number of carbonyl (C=O) groups is 5. The maximum absolute atomic E-state index is 15.0. The van der Waals surface area contributed by atoms with E-state index in [0.717, 1.165) is 11.1 Å². The lowest BCUT2D eigenvalue weighted by Crippen LogP contribution is -2.60. The highest BCUT2D eigenvalue weighted by Crippen LogP contribution is 2.49. The molecule has 0 radical (unpaired) electrons. The number of hydrogen-bond donors (Lipinski definition) is 3. The number of fused-ring (bicyclic) bond motifs is 1. The third kappa shape index (κ3) is 9.56. The summed E-state index contributed by atoms with van der Waals surface area (Å²) in [6.07, 6.45) is 1.16. The summed E-state index contributed by atoms with van der Waals surface area (Å²) >= 11 is 0. The molecule has 3 N–H and O–H groups in total. The average Bonchev–Trinajstić information content (AvgIpc) is 4.26. The molecule has 1 aromatic heterocycles. The molecular weight excluding hydrogens is 879 g/mol. The van der Waals surface area contributed by atoms with Crippen LogP contribution in [0.4, 0.5) is 4.79 Å². The molecule has 3 aromatic carbocycles. The third-order valence-electron chi connectivity index (χ3n) is 13.2. The predicted octanol–water partition coefficient (Wildman–Crippen LogP) is 5.78. The Morgan fingerprint density at radius 2 is 1.64 bits per heavy atom. The molecule has 5 atom stereocenters. The van der Waals surface area contributed by atoms with Crippen LogP contribution in [-0.4, -0.2) is 102 Å². The number of methoxy groups -OCH3 is 1. The fourth-order valence-electron chi connectivity index (χ4n) is 8.88. The highest BCUT2D eigenvalue weighted by molar-refractivity contribution is 7.91. The van der Waals surface area contributed by atoms with Gasteiger partial charge in [0.25, 0.3) is 5.91 Å². The molecule has 0 bridgehead atoms. The fraction of sp³-hybridized carbons (Fsp3) is 0.440. The number of nitrogens with zero attached hydrogens (tertiary/aromatic N) is 2. The molecule has 0 spiro atoms. The van der Waals surface area contributed by atoms with E-state index in [2.05, 4.69) is 21.9 Å². The van der Waals surface area contributed by atoms with Crippen LogP contribution in [0.2, 0.25) is 0 Å². The van der Waals surface area contributed by atoms with Gasteiger partial charge in [0.15, 0.2) is 0 Å². The van der Waals surface area contributed by atoms with E-state index in [0.29, 0.717) is 40.9 Å². The van der Waals surface area contributed by atoms with E-state index in [1.165, 1.54) is 11.0 Å². The Bertz CT molecular complexity index is 2700. The smallest absolute Gasteiger partial charge is 0.408 e. The molecule has 4 aliphatic rings. The van der Waals surface area contributed by atoms with Crippen LogP contribution in [0.1, 0.15) is 71.8 Å². The van der Waals surface area contributed by atoms with Gasteiger partial charge < -0.3 is 34.5 Å². The number of benzene rings is 3. The minimum atomic E-state index is -4.21. The van der Waals surface area contributed by atoms with Crippen molar-refractivity contribution in [2.45, 2.75) is 107 Å². The van der Waals surface area contributed by atoms with Gasteiger partial charge in [-0.1, -0.05) is 87.5 Å². The number of amides is 4. The van der Waals surface area contributed by atoms with Crippen LogP contribution in [0.3, 0.4) is 0 Å². The molecule has 354 valence electrons. The van der Waals surface area contributed by atoms with Gasteiger partial charge >= 0.3 is 12.1 Å². The first kappa shape index (κ1) is 47.0. The molecule has 1 saturated heterocycles. The van der Waals surface area contributed by atoms with E-state index in [1.807, 2.05) is 66.7 Å². The number of aromatic nitrogens is 1. The second-order valence-electron chi connectivity index (χ2n) is 19.1. The molecule has 4 aromatic rings. The number of sulfonamides is 1. The van der Waals surface area contributed by atoms with Crippen LogP contribution >= 0.6 is 0 Å². The molecule has 4 fully saturated rings. The van der Waals surface area contributed by atoms with Gasteiger partial charge in [0, 0.05) is 48.3 Å². The monoisotopic (exact) mass is 935 g/mol. The van der Waals surface area contributed by atoms with Crippen molar-refractivity contribution in [2.24, 2.45) is 11.3 Å². The molecule has 1 aliphatic heterocycles. The van der Waals surface area contributed by atoms with Gasteiger partial charge in [-0.25, -0.2) is 23.0 Å². The zero-order chi connectivity index (χ0) is 47.9. The number of rotatable bonds is 17. The summed E-state index contributed by atoms with van der Waals surface area (Å²) < 4.78 is 52.0. The number of carbonyl (C=O) groups excluding carboxylic acids is 5. The van der Waals surface area contributed by atoms with Crippen LogP contribution in [-0.2, 0) is 45.1 Å². The first-order valence-corrected chi connectivity index (χ1v) is 24.1. The summed E-state index contributed by atoms with van der Waals surface area (Å²) in [4.78, 5) is 76.5. The molecule has 2 heterocycles. The first-order chi connectivity index (χ1) is 31.9. The van der Waals surface area contributed by atoms with Crippen molar-refractivity contribution >= 4 is 50.7 Å². The number of pyridine rings is 1. The van der Waals surface area contributed by atoms with E-state index in [-0.39, 0.29) is 45.3 Å². The van der Waals surface area contributed by atoms with Gasteiger partial charge in [0.05, 0.1) is 36.2 Å². The number of alkyl carbamates (subject to hydrolysis) is 1. The van der Waals surface area contributed by atoms with E-state index in [4.69, 9.17) is 23.9 Å². The van der Waals surface area contributed by atoms with E-state index in [9.17, 15) is 27.6 Å². The molecule has 16 nitrogen and oxygen atoms in total. The van der Waals surface area contributed by atoms with Crippen LogP contribution in [0.25, 0.3) is 22.2 Å². The largest absolute Gasteiger partial charge is 0.497 e. The SMILES string of the molecule is C=C[C@@H]1C[C@]1(NC(=O)[C@@H]1C[C@@H](Oc2cc(-c3ccccc3)nc3cc(OC)ccc23)CN1C(=O)[C@@H](NC(=O)OC1(C(=O)OCC)CC1)C(C)(C)C)C(=O)NS(=O)(=O)C1(Cc2ccccc2)CC1. The quantitative estimate of drug-likeness (QED) is 0.0851. The number of nitrogens with one attached hydrogen (secondary N) is 3. The molecule has 4 amide bonds. The lowest BCUT2D eigenvalue weighted by molar-refractivity contribution is -0.155. The standard InChI is InChI=1S/C50H57N5O11S/c1-7-33-29-50(33,44(58)54-67(61,62)48(21-22-48)28-31-15-11-9-12-16-31)53-42(56)39-26-35(65-40-27-37(32-17-13-10-14-18-32)51-38-25-34(63-6)19-20-36(38)40)30-55(39)43(57)41(47(3,4)5)52-46(60)66-49(23-24-49)45(59)64-8-2/h7,9-20,25,27,33,35,39,41H,1,8,21-24,26,28-30H2,2-6H3,(H,52,60)(H,53,56)(H,54,58)/t33-,35-,39+,41-,50-/m1/s1. The van der Waals surface area contributed by atoms with E-state index >= 15 is 4.79 Å². The average molecular weight is 936 g/mol. The summed E-state index contributed by atoms with van der Waals surface area (Å²) in [7, 11) is -2.65. The lowest BCUT2D eigenvalue weighted by atomic mass is 9.85. The zero-order valence-corrected chi connectivity index (χ0v) is 39.2. The van der Waals surface area contributed by atoms with Crippen molar-refractivity contribution in [1.82, 2.24) is 25.2 Å². The fourth-order valence-corrected chi connectivity index (χ4v) is 10.5. The van der Waals surface area contributed by atoms with Gasteiger partial charge in [-0.15, -0.1) is 6.58 Å². The van der Waals surface area contributed by atoms with Crippen molar-refractivity contribution in [1.29, 1.82) is 0 Å². The maximum atomic E-state index is 15.0.